The standard InChI is InChI=1S/C23H22FN5O2/c1-13-7-20(24)19(23(31)27-17-4-5-17)8-18(13)16-9-26-29(12-16)22-10-25-21-6-3-15(14(2)30)11-28(21)22/h3,6-12,14,17,30H,4-5H2,1-2H3,(H,27,31)/t14-/m1/s1. The number of aromatic nitrogens is 4. The van der Waals surface area contributed by atoms with E-state index in [0.717, 1.165) is 40.7 Å². The predicted molar refractivity (Wildman–Crippen MR) is 114 cm³/mol. The van der Waals surface area contributed by atoms with Gasteiger partial charge in [-0.15, -0.1) is 0 Å². The number of rotatable bonds is 5. The molecule has 0 unspecified atom stereocenters. The van der Waals surface area contributed by atoms with Gasteiger partial charge < -0.3 is 10.4 Å². The summed E-state index contributed by atoms with van der Waals surface area (Å²) < 4.78 is 18.0. The lowest BCUT2D eigenvalue weighted by Gasteiger charge is -2.10. The largest absolute Gasteiger partial charge is 0.389 e. The monoisotopic (exact) mass is 419 g/mol. The Balaban J connectivity index is 1.53. The Morgan fingerprint density at radius 2 is 2.06 bits per heavy atom. The molecule has 3 aromatic heterocycles. The van der Waals surface area contributed by atoms with Crippen LogP contribution in [0.15, 0.2) is 49.1 Å². The molecule has 0 bridgehead atoms. The molecule has 5 rings (SSSR count). The molecular weight excluding hydrogens is 397 g/mol. The Kier molecular flexibility index (Phi) is 4.59. The molecule has 2 N–H and O–H groups in total. The molecule has 0 radical (unpaired) electrons. The number of benzene rings is 1. The van der Waals surface area contributed by atoms with Gasteiger partial charge in [0.15, 0.2) is 5.82 Å². The third-order valence-electron chi connectivity index (χ3n) is 5.59. The summed E-state index contributed by atoms with van der Waals surface area (Å²) in [7, 11) is 0. The number of amides is 1. The van der Waals surface area contributed by atoms with Gasteiger partial charge in [0.25, 0.3) is 5.91 Å². The summed E-state index contributed by atoms with van der Waals surface area (Å²) in [6.45, 7) is 3.51. The number of halogens is 1. The highest BCUT2D eigenvalue weighted by Gasteiger charge is 2.25. The van der Waals surface area contributed by atoms with E-state index < -0.39 is 11.9 Å². The Morgan fingerprint density at radius 3 is 2.81 bits per heavy atom. The van der Waals surface area contributed by atoms with Crippen molar-refractivity contribution >= 4 is 11.6 Å². The zero-order valence-corrected chi connectivity index (χ0v) is 17.2. The lowest BCUT2D eigenvalue weighted by Crippen LogP contribution is -2.26. The molecule has 0 spiro atoms. The van der Waals surface area contributed by atoms with Gasteiger partial charge in [-0.2, -0.15) is 5.10 Å². The number of aryl methyl sites for hydroxylation is 1. The number of aliphatic hydroxyl groups excluding tert-OH is 1. The fourth-order valence-electron chi connectivity index (χ4n) is 3.64. The van der Waals surface area contributed by atoms with Crippen molar-refractivity contribution in [2.24, 2.45) is 0 Å². The van der Waals surface area contributed by atoms with Crippen LogP contribution in [0.1, 0.15) is 47.4 Å². The Hall–Kier alpha value is -3.52. The average Bonchev–Trinajstić information content (AvgIpc) is 3.24. The van der Waals surface area contributed by atoms with Gasteiger partial charge in [0.05, 0.1) is 24.1 Å². The molecule has 1 aromatic carbocycles. The van der Waals surface area contributed by atoms with Crippen molar-refractivity contribution < 1.29 is 14.3 Å². The fraction of sp³-hybridized carbons (Fsp3) is 0.261. The van der Waals surface area contributed by atoms with Gasteiger partial charge in [-0.05, 0) is 61.6 Å². The summed E-state index contributed by atoms with van der Waals surface area (Å²) in [6.07, 6.45) is 8.30. The maximum Gasteiger partial charge on any atom is 0.254 e. The highest BCUT2D eigenvalue weighted by Crippen LogP contribution is 2.28. The first-order valence-corrected chi connectivity index (χ1v) is 10.2. The van der Waals surface area contributed by atoms with Crippen molar-refractivity contribution in [1.29, 1.82) is 0 Å². The van der Waals surface area contributed by atoms with Crippen LogP contribution in [0, 0.1) is 12.7 Å². The summed E-state index contributed by atoms with van der Waals surface area (Å²) in [5.41, 5.74) is 3.76. The van der Waals surface area contributed by atoms with Crippen LogP contribution < -0.4 is 5.32 Å². The van der Waals surface area contributed by atoms with E-state index >= 15 is 0 Å². The van der Waals surface area contributed by atoms with Gasteiger partial charge in [0, 0.05) is 24.0 Å². The fourth-order valence-corrected chi connectivity index (χ4v) is 3.64. The van der Waals surface area contributed by atoms with Crippen LogP contribution in [0.25, 0.3) is 22.6 Å². The summed E-state index contributed by atoms with van der Waals surface area (Å²) in [6, 6.07) is 6.80. The molecule has 8 heteroatoms. The van der Waals surface area contributed by atoms with Gasteiger partial charge in [-0.25, -0.2) is 14.1 Å². The molecule has 1 fully saturated rings. The number of carbonyl (C=O) groups is 1. The minimum atomic E-state index is -0.602. The van der Waals surface area contributed by atoms with Crippen molar-refractivity contribution in [1.82, 2.24) is 24.5 Å². The zero-order valence-electron chi connectivity index (χ0n) is 17.2. The first-order valence-electron chi connectivity index (χ1n) is 10.2. The average molecular weight is 419 g/mol. The molecule has 7 nitrogen and oxygen atoms in total. The van der Waals surface area contributed by atoms with E-state index in [1.165, 1.54) is 6.07 Å². The second kappa shape index (κ2) is 7.31. The van der Waals surface area contributed by atoms with Crippen molar-refractivity contribution in [3.05, 3.63) is 71.6 Å². The van der Waals surface area contributed by atoms with Gasteiger partial charge in [-0.1, -0.05) is 6.07 Å². The summed E-state index contributed by atoms with van der Waals surface area (Å²) >= 11 is 0. The predicted octanol–water partition coefficient (Wildman–Crippen LogP) is 3.58. The van der Waals surface area contributed by atoms with Gasteiger partial charge >= 0.3 is 0 Å². The van der Waals surface area contributed by atoms with Crippen LogP contribution in [0.4, 0.5) is 4.39 Å². The Morgan fingerprint density at radius 1 is 1.26 bits per heavy atom. The SMILES string of the molecule is Cc1cc(F)c(C(=O)NC2CC2)cc1-c1cnn(-c2cnc3ccc([C@@H](C)O)cn23)c1. The van der Waals surface area contributed by atoms with Gasteiger partial charge in [0.2, 0.25) is 0 Å². The molecule has 1 aliphatic carbocycles. The maximum atomic E-state index is 14.5. The normalized spacial score (nSPS) is 14.7. The minimum Gasteiger partial charge on any atom is -0.389 e. The van der Waals surface area contributed by atoms with Crippen LogP contribution in [0.3, 0.4) is 0 Å². The number of nitrogens with zero attached hydrogens (tertiary/aromatic N) is 4. The number of fused-ring (bicyclic) bond motifs is 1. The van der Waals surface area contributed by atoms with Crippen LogP contribution >= 0.6 is 0 Å². The van der Waals surface area contributed by atoms with E-state index in [-0.39, 0.29) is 17.5 Å². The molecule has 1 aliphatic rings. The molecular formula is C23H22FN5O2. The third kappa shape index (κ3) is 3.59. The quantitative estimate of drug-likeness (QED) is 0.518. The molecule has 4 aromatic rings. The van der Waals surface area contributed by atoms with E-state index in [0.29, 0.717) is 5.82 Å². The first-order chi connectivity index (χ1) is 14.9. The van der Waals surface area contributed by atoms with Crippen molar-refractivity contribution in [2.45, 2.75) is 38.8 Å². The van der Waals surface area contributed by atoms with Crippen LogP contribution in [0.2, 0.25) is 0 Å². The van der Waals surface area contributed by atoms with E-state index in [4.69, 9.17) is 0 Å². The molecule has 31 heavy (non-hydrogen) atoms. The topological polar surface area (TPSA) is 84.5 Å². The van der Waals surface area contributed by atoms with Crippen molar-refractivity contribution in [2.75, 3.05) is 0 Å². The molecule has 158 valence electrons. The van der Waals surface area contributed by atoms with Gasteiger partial charge in [-0.3, -0.25) is 9.20 Å². The highest BCUT2D eigenvalue weighted by atomic mass is 19.1. The van der Waals surface area contributed by atoms with Crippen LogP contribution in [-0.2, 0) is 0 Å². The number of nitrogens with one attached hydrogen (secondary N) is 1. The zero-order chi connectivity index (χ0) is 21.7. The maximum absolute atomic E-state index is 14.5. The molecule has 1 atom stereocenters. The number of hydrogen-bond donors (Lipinski definition) is 2. The smallest absolute Gasteiger partial charge is 0.254 e. The Bertz CT molecular complexity index is 1300. The molecule has 0 aliphatic heterocycles. The van der Waals surface area contributed by atoms with Crippen LogP contribution in [0.5, 0.6) is 0 Å². The van der Waals surface area contributed by atoms with Crippen molar-refractivity contribution in [3.63, 3.8) is 0 Å². The Labute approximate surface area is 178 Å². The van der Waals surface area contributed by atoms with E-state index in [9.17, 15) is 14.3 Å². The summed E-state index contributed by atoms with van der Waals surface area (Å²) in [5, 5.41) is 17.2. The third-order valence-corrected chi connectivity index (χ3v) is 5.59. The lowest BCUT2D eigenvalue weighted by molar-refractivity contribution is 0.0947. The van der Waals surface area contributed by atoms with E-state index in [1.54, 1.807) is 30.1 Å². The lowest BCUT2D eigenvalue weighted by atomic mass is 9.99. The highest BCUT2D eigenvalue weighted by molar-refractivity contribution is 5.96. The van der Waals surface area contributed by atoms with E-state index in [2.05, 4.69) is 15.4 Å². The van der Waals surface area contributed by atoms with E-state index in [1.807, 2.05) is 35.9 Å². The summed E-state index contributed by atoms with van der Waals surface area (Å²) in [4.78, 5) is 16.8. The number of aliphatic hydroxyl groups is 1. The number of imidazole rings is 1. The molecule has 3 heterocycles. The second-order valence-electron chi connectivity index (χ2n) is 8.05. The molecule has 0 saturated heterocycles. The summed E-state index contributed by atoms with van der Waals surface area (Å²) in [5.74, 6) is -0.212. The first kappa shape index (κ1) is 19.4. The molecule has 1 amide bonds. The number of hydrogen-bond acceptors (Lipinski definition) is 4. The number of pyridine rings is 1. The van der Waals surface area contributed by atoms with Gasteiger partial charge in [0.1, 0.15) is 11.5 Å². The second-order valence-corrected chi connectivity index (χ2v) is 8.05. The molecule has 1 saturated carbocycles. The van der Waals surface area contributed by atoms with Crippen molar-refractivity contribution in [3.8, 4) is 16.9 Å². The number of carbonyl (C=O) groups excluding carboxylic acids is 1. The van der Waals surface area contributed by atoms with Crippen LogP contribution in [-0.4, -0.2) is 36.2 Å². The minimum absolute atomic E-state index is 0.0385.